The predicted molar refractivity (Wildman–Crippen MR) is 169 cm³/mol. The van der Waals surface area contributed by atoms with Crippen molar-refractivity contribution in [3.05, 3.63) is 145 Å². The van der Waals surface area contributed by atoms with Crippen LogP contribution >= 0.6 is 11.3 Å². The number of benzene rings is 4. The average molecular weight is 737 g/mol. The van der Waals surface area contributed by atoms with Crippen LogP contribution < -0.4 is 0 Å². The Bertz CT molecular complexity index is 2070. The van der Waals surface area contributed by atoms with E-state index in [9.17, 15) is 0 Å². The molecule has 0 saturated heterocycles. The Morgan fingerprint density at radius 2 is 1.50 bits per heavy atom. The van der Waals surface area contributed by atoms with Crippen LogP contribution in [0.4, 0.5) is 0 Å². The van der Waals surface area contributed by atoms with Crippen molar-refractivity contribution in [1.29, 1.82) is 0 Å². The number of aromatic nitrogens is 4. The topological polar surface area (TPSA) is 43.6 Å². The van der Waals surface area contributed by atoms with Crippen LogP contribution in [0.1, 0.15) is 5.69 Å². The number of para-hydroxylation sites is 1. The van der Waals surface area contributed by atoms with Crippen LogP contribution in [-0.4, -0.2) is 19.5 Å². The molecule has 0 bridgehead atoms. The normalized spacial score (nSPS) is 10.8. The molecule has 0 unspecified atom stereocenters. The molecule has 0 saturated carbocycles. The molecule has 6 heteroatoms. The van der Waals surface area contributed by atoms with Gasteiger partial charge < -0.3 is 9.55 Å². The zero-order chi connectivity index (χ0) is 27.6. The maximum atomic E-state index is 5.00. The number of imidazole rings is 1. The van der Waals surface area contributed by atoms with Gasteiger partial charge in [-0.3, -0.25) is 4.98 Å². The number of hydrogen-bond donors (Lipinski definition) is 0. The smallest absolute Gasteiger partial charge is 0.155 e. The van der Waals surface area contributed by atoms with Gasteiger partial charge in [0.05, 0.1) is 11.3 Å². The standard InChI is InChI=1S/C25H16N3S.C11H8N.Ir/c1-16-14-15-21-25(26-16)28(17-8-3-2-4-9-17)24(27-21)20-12-7-11-19-18-10-5-6-13-22(18)29-23(19)20;1-2-6-10(7-3-1)11-8-4-5-9-12-11;/h2-11,13-15H,1H3;1-6,8-9H;/q2*-1;. The molecular weight excluding hydrogens is 713 g/mol. The van der Waals surface area contributed by atoms with Crippen LogP contribution in [0.25, 0.3) is 59.7 Å². The van der Waals surface area contributed by atoms with Crippen LogP contribution in [0.3, 0.4) is 0 Å². The van der Waals surface area contributed by atoms with Gasteiger partial charge in [-0.05, 0) is 59.1 Å². The summed E-state index contributed by atoms with van der Waals surface area (Å²) in [7, 11) is 0. The van der Waals surface area contributed by atoms with E-state index in [4.69, 9.17) is 9.97 Å². The third-order valence-electron chi connectivity index (χ3n) is 6.87. The van der Waals surface area contributed by atoms with E-state index in [0.29, 0.717) is 0 Å². The maximum Gasteiger partial charge on any atom is 0.155 e. The SMILES string of the molecule is Cc1ccc2nc(-c3[c-]ccc4c3sc3ccccc34)n(-c3ccccc3)c2n1.[Ir].[c-]1ccccc1-c1ccccn1. The quantitative estimate of drug-likeness (QED) is 0.170. The second-order valence-corrected chi connectivity index (χ2v) is 10.6. The summed E-state index contributed by atoms with van der Waals surface area (Å²) in [5.41, 5.74) is 6.82. The van der Waals surface area contributed by atoms with E-state index in [1.165, 1.54) is 20.2 Å². The molecule has 8 aromatic rings. The minimum absolute atomic E-state index is 0. The van der Waals surface area contributed by atoms with Crippen LogP contribution in [0.2, 0.25) is 0 Å². The maximum absolute atomic E-state index is 5.00. The van der Waals surface area contributed by atoms with E-state index >= 15 is 0 Å². The molecule has 0 N–H and O–H groups in total. The molecule has 1 radical (unpaired) electrons. The van der Waals surface area contributed by atoms with Gasteiger partial charge >= 0.3 is 0 Å². The van der Waals surface area contributed by atoms with Crippen LogP contribution in [0.5, 0.6) is 0 Å². The molecule has 4 aromatic carbocycles. The van der Waals surface area contributed by atoms with Gasteiger partial charge in [0.1, 0.15) is 0 Å². The molecule has 8 rings (SSSR count). The van der Waals surface area contributed by atoms with Gasteiger partial charge in [-0.25, -0.2) is 4.98 Å². The summed E-state index contributed by atoms with van der Waals surface area (Å²) < 4.78 is 4.63. The molecule has 0 spiro atoms. The third-order valence-corrected chi connectivity index (χ3v) is 8.07. The van der Waals surface area contributed by atoms with Crippen LogP contribution in [0.15, 0.2) is 128 Å². The number of nitrogens with zero attached hydrogens (tertiary/aromatic N) is 4. The summed E-state index contributed by atoms with van der Waals surface area (Å²) in [6, 6.07) is 47.4. The van der Waals surface area contributed by atoms with Crippen LogP contribution in [-0.2, 0) is 20.1 Å². The molecule has 205 valence electrons. The van der Waals surface area contributed by atoms with E-state index in [0.717, 1.165) is 45.2 Å². The summed E-state index contributed by atoms with van der Waals surface area (Å²) in [6.07, 6.45) is 1.79. The van der Waals surface area contributed by atoms with E-state index in [-0.39, 0.29) is 20.1 Å². The molecule has 42 heavy (non-hydrogen) atoms. The third kappa shape index (κ3) is 5.28. The first-order valence-corrected chi connectivity index (χ1v) is 14.2. The second kappa shape index (κ2) is 12.2. The average Bonchev–Trinajstić information content (AvgIpc) is 3.61. The fourth-order valence-electron chi connectivity index (χ4n) is 4.97. The molecule has 4 nitrogen and oxygen atoms in total. The Morgan fingerprint density at radius 1 is 0.690 bits per heavy atom. The first-order chi connectivity index (χ1) is 20.3. The molecule has 0 atom stereocenters. The Labute approximate surface area is 261 Å². The van der Waals surface area contributed by atoms with Gasteiger partial charge in [0.15, 0.2) is 5.65 Å². The van der Waals surface area contributed by atoms with E-state index < -0.39 is 0 Å². The first kappa shape index (κ1) is 27.7. The number of hydrogen-bond acceptors (Lipinski definition) is 4. The van der Waals surface area contributed by atoms with Crippen molar-refractivity contribution in [1.82, 2.24) is 19.5 Å². The van der Waals surface area contributed by atoms with Gasteiger partial charge in [0, 0.05) is 42.4 Å². The summed E-state index contributed by atoms with van der Waals surface area (Å²) in [4.78, 5) is 14.0. The molecule has 0 fully saturated rings. The molecule has 0 aliphatic carbocycles. The zero-order valence-electron chi connectivity index (χ0n) is 22.7. The Morgan fingerprint density at radius 3 is 2.31 bits per heavy atom. The fourth-order valence-corrected chi connectivity index (χ4v) is 6.17. The summed E-state index contributed by atoms with van der Waals surface area (Å²) >= 11 is 1.80. The minimum atomic E-state index is 0. The van der Waals surface area contributed by atoms with Crippen LogP contribution in [0, 0.1) is 19.1 Å². The molecule has 4 aromatic heterocycles. The van der Waals surface area contributed by atoms with E-state index in [1.807, 2.05) is 85.8 Å². The largest absolute Gasteiger partial charge is 0.318 e. The number of pyridine rings is 2. The molecule has 0 amide bonds. The van der Waals surface area contributed by atoms with Gasteiger partial charge in [0.25, 0.3) is 0 Å². The first-order valence-electron chi connectivity index (χ1n) is 13.4. The van der Waals surface area contributed by atoms with Gasteiger partial charge in [-0.2, -0.15) is 11.3 Å². The summed E-state index contributed by atoms with van der Waals surface area (Å²) in [6.45, 7) is 2.01. The van der Waals surface area contributed by atoms with Gasteiger partial charge in [-0.15, -0.1) is 54.1 Å². The van der Waals surface area contributed by atoms with Crippen molar-refractivity contribution < 1.29 is 20.1 Å². The van der Waals surface area contributed by atoms with E-state index in [2.05, 4.69) is 64.1 Å². The number of thiophene rings is 1. The van der Waals surface area contributed by atoms with Crippen molar-refractivity contribution in [2.24, 2.45) is 0 Å². The Hall–Kier alpha value is -4.48. The van der Waals surface area contributed by atoms with Gasteiger partial charge in [0.2, 0.25) is 0 Å². The van der Waals surface area contributed by atoms with Crippen molar-refractivity contribution in [2.45, 2.75) is 6.92 Å². The van der Waals surface area contributed by atoms with Gasteiger partial charge in [-0.1, -0.05) is 59.5 Å². The number of aryl methyl sites for hydroxylation is 1. The van der Waals surface area contributed by atoms with Crippen molar-refractivity contribution in [3.8, 4) is 28.3 Å². The molecule has 0 aliphatic heterocycles. The van der Waals surface area contributed by atoms with Crippen molar-refractivity contribution >= 4 is 42.7 Å². The number of fused-ring (bicyclic) bond motifs is 4. The zero-order valence-corrected chi connectivity index (χ0v) is 25.9. The number of rotatable bonds is 3. The summed E-state index contributed by atoms with van der Waals surface area (Å²) in [5, 5.41) is 2.52. The Kier molecular flexibility index (Phi) is 8.02. The predicted octanol–water partition coefficient (Wildman–Crippen LogP) is 9.11. The monoisotopic (exact) mass is 737 g/mol. The van der Waals surface area contributed by atoms with Crippen molar-refractivity contribution in [3.63, 3.8) is 0 Å². The second-order valence-electron chi connectivity index (χ2n) is 9.59. The molecule has 4 heterocycles. The minimum Gasteiger partial charge on any atom is -0.318 e. The molecule has 0 aliphatic rings. The Balaban J connectivity index is 0.000000205. The fraction of sp³-hybridized carbons (Fsp3) is 0.0278. The van der Waals surface area contributed by atoms with Crippen molar-refractivity contribution in [2.75, 3.05) is 0 Å². The molecular formula is C36H24IrN4S-2. The summed E-state index contributed by atoms with van der Waals surface area (Å²) in [5.74, 6) is 0.876. The van der Waals surface area contributed by atoms with E-state index in [1.54, 1.807) is 17.5 Å².